The number of hydroxylamine groups is 2. The van der Waals surface area contributed by atoms with Gasteiger partial charge in [-0.3, -0.25) is 9.63 Å². The molecule has 1 aromatic carbocycles. The summed E-state index contributed by atoms with van der Waals surface area (Å²) >= 11 is 1.43. The molecule has 4 heteroatoms. The predicted molar refractivity (Wildman–Crippen MR) is 78.7 cm³/mol. The standard InChI is InChI=1S/C15H21NO2S/c1-4-10-19-15(17)13-11(2)18-16(3)14(13)12-8-6-5-7-9-12/h5-9,11,13-14H,4,10H2,1-3H3/t11-,13-,14+/m0/s1. The summed E-state index contributed by atoms with van der Waals surface area (Å²) in [6.07, 6.45) is 0.955. The van der Waals surface area contributed by atoms with Gasteiger partial charge in [0.15, 0.2) is 5.12 Å². The van der Waals surface area contributed by atoms with Crippen LogP contribution in [-0.2, 0) is 9.63 Å². The Bertz CT molecular complexity index is 423. The molecule has 0 N–H and O–H groups in total. The van der Waals surface area contributed by atoms with Crippen LogP contribution in [0.1, 0.15) is 31.9 Å². The summed E-state index contributed by atoms with van der Waals surface area (Å²) in [7, 11) is 1.91. The van der Waals surface area contributed by atoms with E-state index in [2.05, 4.69) is 19.1 Å². The molecule has 0 amide bonds. The molecule has 0 unspecified atom stereocenters. The molecule has 0 radical (unpaired) electrons. The molecule has 104 valence electrons. The van der Waals surface area contributed by atoms with E-state index in [0.717, 1.165) is 17.7 Å². The second-order valence-electron chi connectivity index (χ2n) is 4.91. The number of hydrogen-bond donors (Lipinski definition) is 0. The molecular formula is C15H21NO2S. The first-order valence-electron chi connectivity index (χ1n) is 6.76. The molecule has 0 bridgehead atoms. The maximum absolute atomic E-state index is 12.4. The van der Waals surface area contributed by atoms with E-state index < -0.39 is 0 Å². The zero-order chi connectivity index (χ0) is 13.8. The van der Waals surface area contributed by atoms with Crippen LogP contribution in [0.25, 0.3) is 0 Å². The minimum absolute atomic E-state index is 0.0213. The predicted octanol–water partition coefficient (Wildman–Crippen LogP) is 3.28. The summed E-state index contributed by atoms with van der Waals surface area (Å²) in [5.41, 5.74) is 1.14. The van der Waals surface area contributed by atoms with Gasteiger partial charge in [-0.05, 0) is 18.9 Å². The lowest BCUT2D eigenvalue weighted by Crippen LogP contribution is -2.26. The molecular weight excluding hydrogens is 258 g/mol. The summed E-state index contributed by atoms with van der Waals surface area (Å²) < 4.78 is 0. The van der Waals surface area contributed by atoms with Crippen LogP contribution >= 0.6 is 11.8 Å². The first-order chi connectivity index (χ1) is 9.15. The van der Waals surface area contributed by atoms with Gasteiger partial charge in [-0.1, -0.05) is 49.0 Å². The zero-order valence-corrected chi connectivity index (χ0v) is 12.5. The van der Waals surface area contributed by atoms with Crippen molar-refractivity contribution < 1.29 is 9.63 Å². The summed E-state index contributed by atoms with van der Waals surface area (Å²) in [5.74, 6) is 0.789. The Balaban J connectivity index is 2.21. The molecule has 1 aromatic rings. The van der Waals surface area contributed by atoms with Gasteiger partial charge < -0.3 is 0 Å². The van der Waals surface area contributed by atoms with Crippen LogP contribution < -0.4 is 0 Å². The Morgan fingerprint density at radius 1 is 1.37 bits per heavy atom. The molecule has 3 atom stereocenters. The fourth-order valence-electron chi connectivity index (χ4n) is 2.56. The van der Waals surface area contributed by atoms with Gasteiger partial charge in [0, 0.05) is 12.8 Å². The second kappa shape index (κ2) is 6.55. The van der Waals surface area contributed by atoms with Crippen molar-refractivity contribution in [1.82, 2.24) is 5.06 Å². The topological polar surface area (TPSA) is 29.5 Å². The third-order valence-corrected chi connectivity index (χ3v) is 4.60. The lowest BCUT2D eigenvalue weighted by atomic mass is 9.91. The maximum atomic E-state index is 12.4. The molecule has 1 fully saturated rings. The number of carbonyl (C=O) groups is 1. The number of nitrogens with zero attached hydrogens (tertiary/aromatic N) is 1. The van der Waals surface area contributed by atoms with Gasteiger partial charge in [0.05, 0.1) is 18.1 Å². The van der Waals surface area contributed by atoms with E-state index in [1.807, 2.05) is 37.2 Å². The van der Waals surface area contributed by atoms with Crippen LogP contribution in [0.3, 0.4) is 0 Å². The van der Waals surface area contributed by atoms with Gasteiger partial charge in [0.2, 0.25) is 0 Å². The number of benzene rings is 1. The summed E-state index contributed by atoms with van der Waals surface area (Å²) in [5, 5.41) is 2.07. The van der Waals surface area contributed by atoms with Gasteiger partial charge in [0.1, 0.15) is 0 Å². The highest BCUT2D eigenvalue weighted by molar-refractivity contribution is 8.13. The van der Waals surface area contributed by atoms with E-state index in [1.165, 1.54) is 11.8 Å². The molecule has 2 rings (SSSR count). The van der Waals surface area contributed by atoms with Gasteiger partial charge in [-0.15, -0.1) is 0 Å². The Morgan fingerprint density at radius 2 is 2.05 bits per heavy atom. The van der Waals surface area contributed by atoms with Crippen molar-refractivity contribution in [2.45, 2.75) is 32.4 Å². The van der Waals surface area contributed by atoms with Crippen molar-refractivity contribution in [3.8, 4) is 0 Å². The SMILES string of the molecule is CCCSC(=O)[C@H]1[C@H](C)ON(C)[C@@H]1c1ccccc1. The molecule has 1 aliphatic rings. The summed E-state index contributed by atoms with van der Waals surface area (Å²) in [4.78, 5) is 18.1. The van der Waals surface area contributed by atoms with Crippen LogP contribution in [0, 0.1) is 5.92 Å². The van der Waals surface area contributed by atoms with Crippen LogP contribution in [-0.4, -0.2) is 29.1 Å². The second-order valence-corrected chi connectivity index (χ2v) is 6.00. The first-order valence-corrected chi connectivity index (χ1v) is 7.75. The Morgan fingerprint density at radius 3 is 2.68 bits per heavy atom. The van der Waals surface area contributed by atoms with Crippen LogP contribution in [0.15, 0.2) is 30.3 Å². The third-order valence-electron chi connectivity index (χ3n) is 3.43. The van der Waals surface area contributed by atoms with Crippen LogP contribution in [0.5, 0.6) is 0 Å². The van der Waals surface area contributed by atoms with Crippen LogP contribution in [0.2, 0.25) is 0 Å². The lowest BCUT2D eigenvalue weighted by Gasteiger charge is -2.22. The molecule has 1 heterocycles. The van der Waals surface area contributed by atoms with Crippen molar-refractivity contribution in [2.75, 3.05) is 12.8 Å². The van der Waals surface area contributed by atoms with Crippen molar-refractivity contribution in [1.29, 1.82) is 0 Å². The molecule has 0 saturated carbocycles. The molecule has 0 aromatic heterocycles. The Kier molecular flexibility index (Phi) is 5.02. The Hall–Kier alpha value is -0.840. The highest BCUT2D eigenvalue weighted by Gasteiger charge is 2.44. The molecule has 1 aliphatic heterocycles. The van der Waals surface area contributed by atoms with E-state index in [9.17, 15) is 4.79 Å². The number of rotatable bonds is 4. The van der Waals surface area contributed by atoms with Crippen molar-refractivity contribution >= 4 is 16.9 Å². The van der Waals surface area contributed by atoms with Gasteiger partial charge in [-0.2, -0.15) is 5.06 Å². The smallest absolute Gasteiger partial charge is 0.196 e. The minimum Gasteiger partial charge on any atom is -0.295 e. The van der Waals surface area contributed by atoms with E-state index in [4.69, 9.17) is 4.84 Å². The maximum Gasteiger partial charge on any atom is 0.196 e. The fraction of sp³-hybridized carbons (Fsp3) is 0.533. The Labute approximate surface area is 119 Å². The van der Waals surface area contributed by atoms with E-state index in [0.29, 0.717) is 0 Å². The molecule has 0 aliphatic carbocycles. The largest absolute Gasteiger partial charge is 0.295 e. The third kappa shape index (κ3) is 3.19. The normalized spacial score (nSPS) is 27.6. The van der Waals surface area contributed by atoms with Gasteiger partial charge in [-0.25, -0.2) is 0 Å². The quantitative estimate of drug-likeness (QED) is 0.846. The van der Waals surface area contributed by atoms with E-state index in [-0.39, 0.29) is 23.2 Å². The number of thioether (sulfide) groups is 1. The first kappa shape index (κ1) is 14.6. The highest BCUT2D eigenvalue weighted by atomic mass is 32.2. The number of hydrogen-bond acceptors (Lipinski definition) is 4. The minimum atomic E-state index is -0.0936. The summed E-state index contributed by atoms with van der Waals surface area (Å²) in [6, 6.07) is 10.2. The monoisotopic (exact) mass is 279 g/mol. The fourth-order valence-corrected chi connectivity index (χ4v) is 3.48. The zero-order valence-electron chi connectivity index (χ0n) is 11.7. The van der Waals surface area contributed by atoms with Crippen molar-refractivity contribution in [3.63, 3.8) is 0 Å². The number of carbonyl (C=O) groups excluding carboxylic acids is 1. The van der Waals surface area contributed by atoms with E-state index >= 15 is 0 Å². The van der Waals surface area contributed by atoms with Gasteiger partial charge >= 0.3 is 0 Å². The average molecular weight is 279 g/mol. The lowest BCUT2D eigenvalue weighted by molar-refractivity contribution is -0.139. The molecule has 19 heavy (non-hydrogen) atoms. The summed E-state index contributed by atoms with van der Waals surface area (Å²) in [6.45, 7) is 4.07. The molecule has 3 nitrogen and oxygen atoms in total. The average Bonchev–Trinajstić information content (AvgIpc) is 2.71. The van der Waals surface area contributed by atoms with Crippen molar-refractivity contribution in [2.24, 2.45) is 5.92 Å². The highest BCUT2D eigenvalue weighted by Crippen LogP contribution is 2.40. The molecule has 0 spiro atoms. The van der Waals surface area contributed by atoms with E-state index in [1.54, 1.807) is 0 Å². The van der Waals surface area contributed by atoms with Crippen LogP contribution in [0.4, 0.5) is 0 Å². The molecule has 1 saturated heterocycles. The van der Waals surface area contributed by atoms with Gasteiger partial charge in [0.25, 0.3) is 0 Å². The van der Waals surface area contributed by atoms with Crippen molar-refractivity contribution in [3.05, 3.63) is 35.9 Å².